The van der Waals surface area contributed by atoms with Crippen molar-refractivity contribution in [3.63, 3.8) is 0 Å². The van der Waals surface area contributed by atoms with Crippen molar-refractivity contribution in [2.24, 2.45) is 5.73 Å². The molecule has 2 aliphatic heterocycles. The van der Waals surface area contributed by atoms with Crippen molar-refractivity contribution in [1.82, 2.24) is 4.90 Å². The summed E-state index contributed by atoms with van der Waals surface area (Å²) in [5.74, 6) is -2.49. The van der Waals surface area contributed by atoms with Crippen LogP contribution in [0, 0.1) is 22.7 Å². The van der Waals surface area contributed by atoms with Crippen molar-refractivity contribution < 1.29 is 14.7 Å². The molecule has 0 bridgehead atoms. The molecule has 2 aliphatic rings. The zero-order chi connectivity index (χ0) is 19.0. The molecule has 1 aromatic carbocycles. The maximum atomic E-state index is 12.6. The smallest absolute Gasteiger partial charge is 0.305 e. The van der Waals surface area contributed by atoms with Gasteiger partial charge < -0.3 is 10.8 Å². The molecule has 2 unspecified atom stereocenters. The molecule has 9 heteroatoms. The summed E-state index contributed by atoms with van der Waals surface area (Å²) < 4.78 is 0. The SMILES string of the molecule is N#CC1=C(N)N2C(=O)C(CC(=O)O)SC2=C(C#N)C1c1ccc(Cl)cc1. The fourth-order valence-electron chi connectivity index (χ4n) is 2.94. The standard InChI is InChI=1S/C17H11ClN4O3S/c18-9-3-1-8(2-4-9)14-10(6-19)15(21)22-16(25)12(5-13(23)24)26-17(22)11(14)7-20/h1-4,12,14H,5,21H2,(H,23,24). The van der Waals surface area contributed by atoms with Gasteiger partial charge in [0.1, 0.15) is 11.1 Å². The number of rotatable bonds is 3. The number of aliphatic carboxylic acids is 1. The summed E-state index contributed by atoms with van der Waals surface area (Å²) in [4.78, 5) is 24.6. The molecule has 26 heavy (non-hydrogen) atoms. The first-order valence-corrected chi connectivity index (χ1v) is 8.66. The van der Waals surface area contributed by atoms with Crippen molar-refractivity contribution in [2.45, 2.75) is 17.6 Å². The first-order valence-electron chi connectivity index (χ1n) is 7.41. The second-order valence-corrected chi connectivity index (χ2v) is 7.23. The third-order valence-electron chi connectivity index (χ3n) is 4.08. The Labute approximate surface area is 157 Å². The summed E-state index contributed by atoms with van der Waals surface area (Å²) in [5.41, 5.74) is 6.95. The summed E-state index contributed by atoms with van der Waals surface area (Å²) in [6, 6.07) is 10.7. The maximum absolute atomic E-state index is 12.6. The van der Waals surface area contributed by atoms with Gasteiger partial charge in [0.25, 0.3) is 0 Å². The zero-order valence-corrected chi connectivity index (χ0v) is 14.7. The second kappa shape index (κ2) is 6.75. The van der Waals surface area contributed by atoms with Gasteiger partial charge in [-0.15, -0.1) is 0 Å². The number of carbonyl (C=O) groups is 2. The van der Waals surface area contributed by atoms with Crippen LogP contribution in [0.4, 0.5) is 0 Å². The van der Waals surface area contributed by atoms with E-state index in [0.717, 1.165) is 16.7 Å². The quantitative estimate of drug-likeness (QED) is 0.814. The van der Waals surface area contributed by atoms with Crippen molar-refractivity contribution >= 4 is 35.2 Å². The van der Waals surface area contributed by atoms with E-state index in [0.29, 0.717) is 10.6 Å². The molecule has 7 nitrogen and oxygen atoms in total. The number of allylic oxidation sites excluding steroid dienone is 2. The van der Waals surface area contributed by atoms with E-state index in [1.807, 2.05) is 6.07 Å². The number of nitrogens with two attached hydrogens (primary N) is 1. The number of nitriles is 2. The van der Waals surface area contributed by atoms with E-state index in [-0.39, 0.29) is 22.0 Å². The summed E-state index contributed by atoms with van der Waals surface area (Å²) in [6.07, 6.45) is -0.400. The Morgan fingerprint density at radius 1 is 1.27 bits per heavy atom. The van der Waals surface area contributed by atoms with Gasteiger partial charge in [0.15, 0.2) is 0 Å². The summed E-state index contributed by atoms with van der Waals surface area (Å²) in [5, 5.41) is 28.2. The predicted molar refractivity (Wildman–Crippen MR) is 94.1 cm³/mol. The molecule has 1 aromatic rings. The highest BCUT2D eigenvalue weighted by Crippen LogP contribution is 2.49. The van der Waals surface area contributed by atoms with Crippen LogP contribution in [-0.4, -0.2) is 27.1 Å². The van der Waals surface area contributed by atoms with Crippen LogP contribution in [0.5, 0.6) is 0 Å². The minimum Gasteiger partial charge on any atom is -0.481 e. The normalized spacial score (nSPS) is 22.1. The Morgan fingerprint density at radius 2 is 1.88 bits per heavy atom. The van der Waals surface area contributed by atoms with Gasteiger partial charge in [-0.25, -0.2) is 0 Å². The van der Waals surface area contributed by atoms with E-state index in [9.17, 15) is 20.1 Å². The number of carboxylic acid groups (broad SMARTS) is 1. The van der Waals surface area contributed by atoms with E-state index < -0.39 is 29.5 Å². The van der Waals surface area contributed by atoms with E-state index in [1.165, 1.54) is 0 Å². The molecule has 0 aliphatic carbocycles. The summed E-state index contributed by atoms with van der Waals surface area (Å²) >= 11 is 6.89. The number of hydrogen-bond acceptors (Lipinski definition) is 6. The van der Waals surface area contributed by atoms with Crippen molar-refractivity contribution in [2.75, 3.05) is 0 Å². The Morgan fingerprint density at radius 3 is 2.42 bits per heavy atom. The lowest BCUT2D eigenvalue weighted by Gasteiger charge is -2.29. The van der Waals surface area contributed by atoms with Gasteiger partial charge in [-0.05, 0) is 17.7 Å². The first-order chi connectivity index (χ1) is 12.4. The van der Waals surface area contributed by atoms with Crippen LogP contribution in [-0.2, 0) is 9.59 Å². The molecule has 1 fully saturated rings. The number of thioether (sulfide) groups is 1. The van der Waals surface area contributed by atoms with Gasteiger partial charge >= 0.3 is 5.97 Å². The number of benzene rings is 1. The molecule has 0 radical (unpaired) electrons. The average molecular weight is 387 g/mol. The van der Waals surface area contributed by atoms with Crippen molar-refractivity contribution in [1.29, 1.82) is 10.5 Å². The molecule has 2 atom stereocenters. The predicted octanol–water partition coefficient (Wildman–Crippen LogP) is 2.28. The van der Waals surface area contributed by atoms with Crippen LogP contribution >= 0.6 is 23.4 Å². The largest absolute Gasteiger partial charge is 0.481 e. The van der Waals surface area contributed by atoms with E-state index in [1.54, 1.807) is 24.3 Å². The van der Waals surface area contributed by atoms with Gasteiger partial charge in [-0.2, -0.15) is 10.5 Å². The van der Waals surface area contributed by atoms with Crippen LogP contribution in [0.15, 0.2) is 46.3 Å². The van der Waals surface area contributed by atoms with Crippen molar-refractivity contribution in [3.05, 3.63) is 56.8 Å². The minimum atomic E-state index is -1.13. The molecule has 0 aromatic heterocycles. The van der Waals surface area contributed by atoms with Crippen LogP contribution < -0.4 is 5.73 Å². The topological polar surface area (TPSA) is 131 Å². The van der Waals surface area contributed by atoms with E-state index >= 15 is 0 Å². The Balaban J connectivity index is 2.17. The van der Waals surface area contributed by atoms with Gasteiger partial charge in [-0.1, -0.05) is 35.5 Å². The zero-order valence-electron chi connectivity index (χ0n) is 13.1. The third kappa shape index (κ3) is 2.80. The number of fused-ring (bicyclic) bond motifs is 1. The first kappa shape index (κ1) is 17.9. The van der Waals surface area contributed by atoms with Crippen LogP contribution in [0.2, 0.25) is 5.02 Å². The summed E-state index contributed by atoms with van der Waals surface area (Å²) in [6.45, 7) is 0. The number of carbonyl (C=O) groups excluding carboxylic acids is 1. The molecule has 1 amide bonds. The Hall–Kier alpha value is -2.94. The van der Waals surface area contributed by atoms with Gasteiger partial charge in [0, 0.05) is 5.02 Å². The van der Waals surface area contributed by atoms with E-state index in [4.69, 9.17) is 22.4 Å². The number of halogens is 1. The third-order valence-corrected chi connectivity index (χ3v) is 5.61. The monoisotopic (exact) mass is 386 g/mol. The lowest BCUT2D eigenvalue weighted by Crippen LogP contribution is -2.37. The van der Waals surface area contributed by atoms with Gasteiger partial charge in [-0.3, -0.25) is 14.5 Å². The maximum Gasteiger partial charge on any atom is 0.305 e. The van der Waals surface area contributed by atoms with Gasteiger partial charge in [0.05, 0.1) is 40.7 Å². The molecule has 0 spiro atoms. The van der Waals surface area contributed by atoms with Crippen molar-refractivity contribution in [3.8, 4) is 12.1 Å². The highest BCUT2D eigenvalue weighted by Gasteiger charge is 2.46. The molecule has 0 saturated carbocycles. The number of carboxylic acids is 1. The average Bonchev–Trinajstić information content (AvgIpc) is 2.91. The number of hydrogen-bond donors (Lipinski definition) is 2. The molecular weight excluding hydrogens is 376 g/mol. The molecule has 2 heterocycles. The van der Waals surface area contributed by atoms with Gasteiger partial charge in [0.2, 0.25) is 5.91 Å². The number of amides is 1. The molecule has 3 rings (SSSR count). The fourth-order valence-corrected chi connectivity index (χ4v) is 4.35. The lowest BCUT2D eigenvalue weighted by molar-refractivity contribution is -0.139. The highest BCUT2D eigenvalue weighted by molar-refractivity contribution is 8.04. The fraction of sp³-hybridized carbons (Fsp3) is 0.176. The minimum absolute atomic E-state index is 0.0672. The second-order valence-electron chi connectivity index (χ2n) is 5.60. The molecule has 130 valence electrons. The lowest BCUT2D eigenvalue weighted by atomic mass is 9.83. The highest BCUT2D eigenvalue weighted by atomic mass is 35.5. The van der Waals surface area contributed by atoms with E-state index in [2.05, 4.69) is 6.07 Å². The Kier molecular flexibility index (Phi) is 4.64. The molecule has 1 saturated heterocycles. The summed E-state index contributed by atoms with van der Waals surface area (Å²) in [7, 11) is 0. The molecular formula is C17H11ClN4O3S. The van der Waals surface area contributed by atoms with Crippen LogP contribution in [0.25, 0.3) is 0 Å². The molecule has 3 N–H and O–H groups in total. The number of nitrogens with zero attached hydrogens (tertiary/aromatic N) is 3. The van der Waals surface area contributed by atoms with Crippen LogP contribution in [0.1, 0.15) is 17.9 Å². The van der Waals surface area contributed by atoms with Crippen LogP contribution in [0.3, 0.4) is 0 Å². The Bertz CT molecular complexity index is 956.